The number of amides is 3. The summed E-state index contributed by atoms with van der Waals surface area (Å²) in [7, 11) is 3.00. The van der Waals surface area contributed by atoms with E-state index in [0.717, 1.165) is 81.9 Å². The molecule has 1 saturated carbocycles. The fourth-order valence-electron chi connectivity index (χ4n) is 9.73. The molecule has 0 bridgehead atoms. The molecule has 3 aliphatic heterocycles. The normalized spacial score (nSPS) is 19.8. The molecule has 18 heteroatoms. The number of aromatic nitrogens is 3. The van der Waals surface area contributed by atoms with E-state index in [0.29, 0.717) is 45.2 Å². The number of anilines is 3. The number of nitrogens with one attached hydrogen (secondary N) is 3. The molecule has 4 aliphatic rings. The van der Waals surface area contributed by atoms with Gasteiger partial charge in [-0.25, -0.2) is 9.37 Å². The summed E-state index contributed by atoms with van der Waals surface area (Å²) in [5.74, 6) is -0.289. The molecule has 8 rings (SSSR count). The van der Waals surface area contributed by atoms with Gasteiger partial charge in [0.1, 0.15) is 23.2 Å². The van der Waals surface area contributed by atoms with Crippen LogP contribution in [0.5, 0.6) is 5.75 Å². The first kappa shape index (κ1) is 45.9. The Balaban J connectivity index is 0.809. The van der Waals surface area contributed by atoms with Gasteiger partial charge >= 0.3 is 0 Å². The molecular formula is C47H57ClFN9O7. The van der Waals surface area contributed by atoms with Crippen LogP contribution in [0.2, 0.25) is 5.02 Å². The zero-order chi connectivity index (χ0) is 45.9. The van der Waals surface area contributed by atoms with E-state index in [1.54, 1.807) is 29.0 Å². The molecule has 1 atom stereocenters. The van der Waals surface area contributed by atoms with Crippen molar-refractivity contribution in [3.63, 3.8) is 0 Å². The van der Waals surface area contributed by atoms with Crippen molar-refractivity contribution in [3.8, 4) is 5.75 Å². The minimum Gasteiger partial charge on any atom is -0.478 e. The van der Waals surface area contributed by atoms with Gasteiger partial charge < -0.3 is 49.5 Å². The molecule has 2 aromatic carbocycles. The highest BCUT2D eigenvalue weighted by atomic mass is 35.5. The maximum absolute atomic E-state index is 16.1. The van der Waals surface area contributed by atoms with Gasteiger partial charge in [-0.1, -0.05) is 17.7 Å². The van der Waals surface area contributed by atoms with Gasteiger partial charge in [0.05, 0.1) is 30.5 Å². The van der Waals surface area contributed by atoms with Gasteiger partial charge in [-0.05, 0) is 114 Å². The third kappa shape index (κ3) is 9.68. The summed E-state index contributed by atoms with van der Waals surface area (Å²) < 4.78 is 29.9. The average molecular weight is 914 g/mol. The fraction of sp³-hybridized carbons (Fsp3) is 0.511. The Labute approximate surface area is 382 Å². The minimum atomic E-state index is -0.831. The van der Waals surface area contributed by atoms with Crippen molar-refractivity contribution in [3.05, 3.63) is 80.5 Å². The monoisotopic (exact) mass is 913 g/mol. The van der Waals surface area contributed by atoms with Gasteiger partial charge in [0.2, 0.25) is 11.9 Å². The van der Waals surface area contributed by atoms with E-state index in [2.05, 4.69) is 30.7 Å². The van der Waals surface area contributed by atoms with Gasteiger partial charge in [0, 0.05) is 67.9 Å². The minimum absolute atomic E-state index is 0.0148. The highest BCUT2D eigenvalue weighted by Gasteiger charge is 2.41. The lowest BCUT2D eigenvalue weighted by molar-refractivity contribution is -0.125. The number of rotatable bonds is 16. The van der Waals surface area contributed by atoms with Gasteiger partial charge in [-0.15, -0.1) is 0 Å². The van der Waals surface area contributed by atoms with Crippen molar-refractivity contribution >= 4 is 64.0 Å². The van der Waals surface area contributed by atoms with Crippen molar-refractivity contribution < 1.29 is 33.0 Å². The first-order valence-corrected chi connectivity index (χ1v) is 23.0. The molecule has 5 heterocycles. The molecule has 1 aliphatic carbocycles. The maximum Gasteiger partial charge on any atom is 0.293 e. The van der Waals surface area contributed by atoms with Crippen molar-refractivity contribution in [1.29, 1.82) is 0 Å². The molecule has 3 fully saturated rings. The number of pyridine rings is 1. The summed E-state index contributed by atoms with van der Waals surface area (Å²) in [6.07, 6.45) is 8.24. The molecule has 3 N–H and O–H groups in total. The molecule has 0 radical (unpaired) electrons. The number of aldehydes is 1. The van der Waals surface area contributed by atoms with Crippen LogP contribution in [0.15, 0.2) is 47.4 Å². The Kier molecular flexibility index (Phi) is 14.0. The number of benzene rings is 2. The van der Waals surface area contributed by atoms with Crippen LogP contribution in [0, 0.1) is 5.82 Å². The van der Waals surface area contributed by atoms with Crippen LogP contribution in [0.3, 0.4) is 0 Å². The Morgan fingerprint density at radius 1 is 0.985 bits per heavy atom. The predicted octanol–water partition coefficient (Wildman–Crippen LogP) is 5.48. The molecule has 2 saturated heterocycles. The number of halogens is 2. The number of ether oxygens (including phenoxy) is 2. The molecule has 3 amide bonds. The van der Waals surface area contributed by atoms with Gasteiger partial charge in [0.15, 0.2) is 18.2 Å². The number of nitrogens with zero attached hydrogens (tertiary/aromatic N) is 6. The molecule has 346 valence electrons. The molecule has 2 aromatic heterocycles. The predicted molar refractivity (Wildman–Crippen MR) is 245 cm³/mol. The van der Waals surface area contributed by atoms with Crippen LogP contribution in [0.25, 0.3) is 10.9 Å². The van der Waals surface area contributed by atoms with Crippen molar-refractivity contribution in [2.24, 2.45) is 0 Å². The van der Waals surface area contributed by atoms with E-state index in [1.807, 2.05) is 32.0 Å². The lowest BCUT2D eigenvalue weighted by Crippen LogP contribution is -2.52. The summed E-state index contributed by atoms with van der Waals surface area (Å²) >= 11 is 6.59. The molecule has 0 spiro atoms. The Hall–Kier alpha value is -5.65. The maximum atomic E-state index is 16.1. The van der Waals surface area contributed by atoms with Crippen LogP contribution < -0.4 is 31.1 Å². The number of carbonyl (C=O) groups is 4. The average Bonchev–Trinajstić information content (AvgIpc) is 3.63. The standard InChI is InChI=1S/C47H57ClFN9O7/c1-27(2)58-38-10-7-30(20-29(38)21-40(46(58)63)64-26-41(60)50-3)53-43-37(48)24-52-47(54-43)56-17-13-32(14-18-56)65-33-22-31(23-33)55-15-11-28(12-16-55)34-8-9-35-36(42(34)49)25-57(45(35)62)39(6-5-19-59)44(61)51-4/h7-10,19-21,24,27-28,31-33,39H,5-6,11-18,22-23,25-26H2,1-4H3,(H,50,60)(H,51,61)(H,52,53,54). The molecular weight excluding hydrogens is 857 g/mol. The van der Waals surface area contributed by atoms with Crippen LogP contribution >= 0.6 is 11.6 Å². The first-order valence-electron chi connectivity index (χ1n) is 22.6. The van der Waals surface area contributed by atoms with E-state index in [4.69, 9.17) is 26.1 Å². The van der Waals surface area contributed by atoms with E-state index in [-0.39, 0.29) is 85.0 Å². The molecule has 4 aromatic rings. The smallest absolute Gasteiger partial charge is 0.293 e. The number of hydrogen-bond acceptors (Lipinski definition) is 12. The lowest BCUT2D eigenvalue weighted by atomic mass is 9.83. The Morgan fingerprint density at radius 2 is 1.74 bits per heavy atom. The molecule has 16 nitrogen and oxygen atoms in total. The third-order valence-electron chi connectivity index (χ3n) is 13.4. The van der Waals surface area contributed by atoms with Crippen molar-refractivity contribution in [2.75, 3.05) is 57.1 Å². The lowest BCUT2D eigenvalue weighted by Gasteiger charge is -2.47. The second-order valence-corrected chi connectivity index (χ2v) is 18.1. The summed E-state index contributed by atoms with van der Waals surface area (Å²) in [4.78, 5) is 77.4. The van der Waals surface area contributed by atoms with Crippen LogP contribution in [0.4, 0.5) is 21.8 Å². The largest absolute Gasteiger partial charge is 0.478 e. The number of fused-ring (bicyclic) bond motifs is 2. The van der Waals surface area contributed by atoms with Crippen LogP contribution in [0.1, 0.15) is 98.7 Å². The van der Waals surface area contributed by atoms with E-state index >= 15 is 4.39 Å². The topological polar surface area (TPSA) is 180 Å². The van der Waals surface area contributed by atoms with Crippen molar-refractivity contribution in [2.45, 2.75) is 108 Å². The van der Waals surface area contributed by atoms with E-state index in [1.165, 1.54) is 19.0 Å². The van der Waals surface area contributed by atoms with Crippen LogP contribution in [-0.2, 0) is 25.7 Å². The zero-order valence-electron chi connectivity index (χ0n) is 37.3. The number of likely N-dealkylation sites (tertiary alicyclic amines) is 1. The van der Waals surface area contributed by atoms with E-state index < -0.39 is 6.04 Å². The summed E-state index contributed by atoms with van der Waals surface area (Å²) in [6, 6.07) is 10.2. The summed E-state index contributed by atoms with van der Waals surface area (Å²) in [6.45, 7) is 6.77. The molecule has 65 heavy (non-hydrogen) atoms. The zero-order valence-corrected chi connectivity index (χ0v) is 38.0. The molecule has 1 unspecified atom stereocenters. The summed E-state index contributed by atoms with van der Waals surface area (Å²) in [5.41, 5.74) is 2.37. The van der Waals surface area contributed by atoms with Gasteiger partial charge in [-0.3, -0.25) is 19.2 Å². The van der Waals surface area contributed by atoms with Crippen molar-refractivity contribution in [1.82, 2.24) is 35.0 Å². The van der Waals surface area contributed by atoms with Gasteiger partial charge in [-0.2, -0.15) is 4.98 Å². The highest BCUT2D eigenvalue weighted by molar-refractivity contribution is 6.33. The highest BCUT2D eigenvalue weighted by Crippen LogP contribution is 2.39. The fourth-order valence-corrected chi connectivity index (χ4v) is 9.87. The number of piperidine rings is 2. The van der Waals surface area contributed by atoms with Gasteiger partial charge in [0.25, 0.3) is 17.4 Å². The first-order chi connectivity index (χ1) is 31.4. The number of carbonyl (C=O) groups excluding carboxylic acids is 4. The second kappa shape index (κ2) is 19.8. The SMILES string of the molecule is CNC(=O)COc1cc2cc(Nc3nc(N4CCC(OC5CC(N6CCC(c7ccc8c(c7F)CN(C(CCC=O)C(=O)NC)C8=O)CC6)C5)CC4)ncc3Cl)ccc2n(C(C)C)c1=O. The number of hydrogen-bond donors (Lipinski definition) is 3. The third-order valence-corrected chi connectivity index (χ3v) is 13.7. The Bertz CT molecular complexity index is 2500. The Morgan fingerprint density at radius 3 is 2.43 bits per heavy atom. The quantitative estimate of drug-likeness (QED) is 0.121. The second-order valence-electron chi connectivity index (χ2n) is 17.7. The number of likely N-dealkylation sites (N-methyl/N-ethyl adjacent to an activating group) is 2. The van der Waals surface area contributed by atoms with Crippen LogP contribution in [-0.4, -0.2) is 120 Å². The summed E-state index contributed by atoms with van der Waals surface area (Å²) in [5, 5.41) is 9.50. The van der Waals surface area contributed by atoms with E-state index in [9.17, 15) is 24.0 Å².